The molecule has 0 aliphatic rings. The van der Waals surface area contributed by atoms with Gasteiger partial charge in [0.15, 0.2) is 12.4 Å². The predicted octanol–water partition coefficient (Wildman–Crippen LogP) is 2.26. The molecular formula is C11H8N4O4. The highest BCUT2D eigenvalue weighted by molar-refractivity contribution is 5.66. The maximum atomic E-state index is 10.9. The Labute approximate surface area is 107 Å². The van der Waals surface area contributed by atoms with E-state index in [-0.39, 0.29) is 11.4 Å². The molecule has 0 spiro atoms. The molecule has 19 heavy (non-hydrogen) atoms. The summed E-state index contributed by atoms with van der Waals surface area (Å²) in [5, 5.41) is 21.5. The summed E-state index contributed by atoms with van der Waals surface area (Å²) in [6, 6.07) is 8.51. The van der Waals surface area contributed by atoms with Gasteiger partial charge in [0.2, 0.25) is 0 Å². The fourth-order valence-electron chi connectivity index (χ4n) is 1.44. The molecule has 0 saturated heterocycles. The Bertz CT molecular complexity index is 630. The molecule has 8 nitrogen and oxygen atoms in total. The van der Waals surface area contributed by atoms with Gasteiger partial charge in [-0.1, -0.05) is 12.1 Å². The first kappa shape index (κ1) is 12.4. The van der Waals surface area contributed by atoms with Gasteiger partial charge in [-0.3, -0.25) is 20.2 Å². The first-order chi connectivity index (χ1) is 9.08. The third-order valence-corrected chi connectivity index (χ3v) is 2.29. The predicted molar refractivity (Wildman–Crippen MR) is 64.8 cm³/mol. The van der Waals surface area contributed by atoms with Crippen molar-refractivity contribution in [1.82, 2.24) is 0 Å². The van der Waals surface area contributed by atoms with Gasteiger partial charge in [-0.25, -0.2) is 4.68 Å². The van der Waals surface area contributed by atoms with Crippen molar-refractivity contribution in [3.05, 3.63) is 74.4 Å². The van der Waals surface area contributed by atoms with E-state index in [0.29, 0.717) is 0 Å². The highest BCUT2D eigenvalue weighted by Crippen LogP contribution is 2.32. The molecule has 0 aliphatic heterocycles. The standard InChI is InChI=1S/C11H8N4O4/c16-14(17)9-4-5-10(11(8-9)15(18)19)12-13-6-2-1-3-7-13/h1-8H. The molecule has 1 aromatic carbocycles. The lowest BCUT2D eigenvalue weighted by molar-refractivity contribution is -0.619. The minimum Gasteiger partial charge on any atom is -0.398 e. The number of non-ortho nitro benzene ring substituents is 1. The van der Waals surface area contributed by atoms with Crippen LogP contribution in [0.25, 0.3) is 5.43 Å². The van der Waals surface area contributed by atoms with Gasteiger partial charge >= 0.3 is 0 Å². The van der Waals surface area contributed by atoms with E-state index in [1.54, 1.807) is 30.6 Å². The second-order valence-corrected chi connectivity index (χ2v) is 3.54. The van der Waals surface area contributed by atoms with Gasteiger partial charge in [0.05, 0.1) is 15.9 Å². The van der Waals surface area contributed by atoms with Crippen molar-refractivity contribution in [2.75, 3.05) is 0 Å². The van der Waals surface area contributed by atoms with Crippen LogP contribution in [0.15, 0.2) is 48.8 Å². The molecule has 0 saturated carbocycles. The highest BCUT2D eigenvalue weighted by atomic mass is 16.6. The molecule has 0 radical (unpaired) electrons. The first-order valence-electron chi connectivity index (χ1n) is 5.19. The van der Waals surface area contributed by atoms with Crippen LogP contribution in [0.4, 0.5) is 17.1 Å². The SMILES string of the molecule is O=[N+]([O-])c1ccc([N-][n+]2ccccc2)c([N+](=O)[O-])c1. The van der Waals surface area contributed by atoms with Crippen molar-refractivity contribution >= 4 is 17.1 Å². The lowest BCUT2D eigenvalue weighted by Gasteiger charge is -2.13. The number of aromatic nitrogens is 1. The van der Waals surface area contributed by atoms with Gasteiger partial charge in [0.1, 0.15) is 0 Å². The van der Waals surface area contributed by atoms with Gasteiger partial charge in [-0.2, -0.15) is 0 Å². The van der Waals surface area contributed by atoms with Crippen LogP contribution >= 0.6 is 0 Å². The maximum absolute atomic E-state index is 10.9. The average molecular weight is 260 g/mol. The van der Waals surface area contributed by atoms with Crippen LogP contribution in [-0.4, -0.2) is 9.85 Å². The monoisotopic (exact) mass is 260 g/mol. The number of pyridine rings is 1. The Morgan fingerprint density at radius 2 is 1.68 bits per heavy atom. The van der Waals surface area contributed by atoms with E-state index in [1.165, 1.54) is 16.8 Å². The van der Waals surface area contributed by atoms with E-state index in [0.717, 1.165) is 6.07 Å². The van der Waals surface area contributed by atoms with Crippen LogP contribution in [0.5, 0.6) is 0 Å². The second-order valence-electron chi connectivity index (χ2n) is 3.54. The third kappa shape index (κ3) is 2.80. The molecule has 0 amide bonds. The number of hydrogen-bond acceptors (Lipinski definition) is 4. The quantitative estimate of drug-likeness (QED) is 0.477. The third-order valence-electron chi connectivity index (χ3n) is 2.29. The first-order valence-corrected chi connectivity index (χ1v) is 5.19. The summed E-state index contributed by atoms with van der Waals surface area (Å²) in [6.45, 7) is 0. The van der Waals surface area contributed by atoms with Crippen molar-refractivity contribution < 1.29 is 14.5 Å². The molecule has 0 aliphatic carbocycles. The van der Waals surface area contributed by atoms with Gasteiger partial charge < -0.3 is 5.43 Å². The molecule has 0 N–H and O–H groups in total. The van der Waals surface area contributed by atoms with Crippen LogP contribution in [0.3, 0.4) is 0 Å². The number of nitrogens with zero attached hydrogens (tertiary/aromatic N) is 4. The number of rotatable bonds is 4. The summed E-state index contributed by atoms with van der Waals surface area (Å²) in [5.74, 6) is 0. The molecule has 1 heterocycles. The van der Waals surface area contributed by atoms with E-state index < -0.39 is 15.5 Å². The average Bonchev–Trinajstić information content (AvgIpc) is 2.39. The Kier molecular flexibility index (Phi) is 3.33. The van der Waals surface area contributed by atoms with Crippen molar-refractivity contribution in [2.45, 2.75) is 0 Å². The zero-order chi connectivity index (χ0) is 13.8. The summed E-state index contributed by atoms with van der Waals surface area (Å²) in [6.07, 6.45) is 3.20. The van der Waals surface area contributed by atoms with Crippen molar-refractivity contribution in [3.8, 4) is 0 Å². The van der Waals surface area contributed by atoms with Crippen LogP contribution in [0, 0.1) is 20.2 Å². The summed E-state index contributed by atoms with van der Waals surface area (Å²) in [7, 11) is 0. The maximum Gasteiger partial charge on any atom is 0.276 e. The molecule has 96 valence electrons. The van der Waals surface area contributed by atoms with Crippen molar-refractivity contribution in [2.24, 2.45) is 0 Å². The Morgan fingerprint density at radius 3 is 2.26 bits per heavy atom. The molecule has 0 unspecified atom stereocenters. The molecule has 0 fully saturated rings. The number of nitro groups is 2. The summed E-state index contributed by atoms with van der Waals surface area (Å²) in [4.78, 5) is 20.1. The van der Waals surface area contributed by atoms with Crippen molar-refractivity contribution in [1.29, 1.82) is 0 Å². The molecular weight excluding hydrogens is 252 g/mol. The number of benzene rings is 1. The normalized spacial score (nSPS) is 9.89. The van der Waals surface area contributed by atoms with E-state index >= 15 is 0 Å². The van der Waals surface area contributed by atoms with Crippen LogP contribution in [-0.2, 0) is 0 Å². The number of hydrogen-bond donors (Lipinski definition) is 0. The van der Waals surface area contributed by atoms with Crippen LogP contribution < -0.4 is 4.68 Å². The Balaban J connectivity index is 2.40. The van der Waals surface area contributed by atoms with Gasteiger partial charge in [0, 0.05) is 18.2 Å². The zero-order valence-electron chi connectivity index (χ0n) is 9.54. The van der Waals surface area contributed by atoms with Gasteiger partial charge in [-0.15, -0.1) is 0 Å². The smallest absolute Gasteiger partial charge is 0.276 e. The fraction of sp³-hybridized carbons (Fsp3) is 0. The summed E-state index contributed by atoms with van der Waals surface area (Å²) >= 11 is 0. The Hall–Kier alpha value is -3.03. The largest absolute Gasteiger partial charge is 0.398 e. The second kappa shape index (κ2) is 5.08. The minimum atomic E-state index is -0.699. The van der Waals surface area contributed by atoms with Crippen LogP contribution in [0.1, 0.15) is 0 Å². The fourth-order valence-corrected chi connectivity index (χ4v) is 1.44. The molecule has 0 bridgehead atoms. The van der Waals surface area contributed by atoms with E-state index in [1.807, 2.05) is 0 Å². The molecule has 0 atom stereocenters. The van der Waals surface area contributed by atoms with Crippen molar-refractivity contribution in [3.63, 3.8) is 0 Å². The molecule has 2 rings (SSSR count). The minimum absolute atomic E-state index is 0.0480. The van der Waals surface area contributed by atoms with E-state index in [4.69, 9.17) is 0 Å². The highest BCUT2D eigenvalue weighted by Gasteiger charge is 2.16. The summed E-state index contributed by atoms with van der Waals surface area (Å²) in [5.41, 5.74) is 3.31. The topological polar surface area (TPSA) is 104 Å². The molecule has 1 aromatic heterocycles. The lowest BCUT2D eigenvalue weighted by atomic mass is 10.2. The lowest BCUT2D eigenvalue weighted by Crippen LogP contribution is -2.26. The van der Waals surface area contributed by atoms with Gasteiger partial charge in [-0.05, 0) is 5.69 Å². The number of nitro benzene ring substituents is 2. The van der Waals surface area contributed by atoms with E-state index in [2.05, 4.69) is 5.43 Å². The zero-order valence-corrected chi connectivity index (χ0v) is 9.54. The Morgan fingerprint density at radius 1 is 1.00 bits per heavy atom. The van der Waals surface area contributed by atoms with Gasteiger partial charge in [0.25, 0.3) is 11.4 Å². The molecule has 2 aromatic rings. The van der Waals surface area contributed by atoms with Crippen LogP contribution in [0.2, 0.25) is 0 Å². The summed E-state index contributed by atoms with van der Waals surface area (Å²) < 4.78 is 1.38. The van der Waals surface area contributed by atoms with E-state index in [9.17, 15) is 20.2 Å². The molecule has 8 heteroatoms.